The number of nitrogens with one attached hydrogen (secondary N) is 1. The number of piperazine rings is 1. The second-order valence-corrected chi connectivity index (χ2v) is 5.81. The van der Waals surface area contributed by atoms with Crippen molar-refractivity contribution in [2.24, 2.45) is 0 Å². The summed E-state index contributed by atoms with van der Waals surface area (Å²) in [7, 11) is 4.24. The Hall–Kier alpha value is -0.580. The van der Waals surface area contributed by atoms with Crippen molar-refractivity contribution >= 4 is 21.6 Å². The van der Waals surface area contributed by atoms with E-state index in [2.05, 4.69) is 62.4 Å². The molecule has 1 aromatic rings. The normalized spacial score (nSPS) is 21.3. The lowest BCUT2D eigenvalue weighted by atomic mass is 10.1. The summed E-state index contributed by atoms with van der Waals surface area (Å²) in [4.78, 5) is 4.97. The van der Waals surface area contributed by atoms with Crippen molar-refractivity contribution in [1.29, 1.82) is 0 Å². The van der Waals surface area contributed by atoms with Gasteiger partial charge < -0.3 is 15.1 Å². The maximum Gasteiger partial charge on any atom is 0.0514 e. The molecule has 1 saturated heterocycles. The first-order valence-corrected chi connectivity index (χ1v) is 7.36. The van der Waals surface area contributed by atoms with Crippen molar-refractivity contribution in [2.75, 3.05) is 45.2 Å². The van der Waals surface area contributed by atoms with E-state index in [1.807, 2.05) is 7.05 Å². The van der Waals surface area contributed by atoms with Gasteiger partial charge in [-0.1, -0.05) is 12.1 Å². The molecule has 2 rings (SSSR count). The van der Waals surface area contributed by atoms with Crippen LogP contribution in [0.25, 0.3) is 0 Å². The van der Waals surface area contributed by atoms with Gasteiger partial charge in [0.2, 0.25) is 0 Å². The zero-order chi connectivity index (χ0) is 13.0. The van der Waals surface area contributed by atoms with Crippen LogP contribution in [0.15, 0.2) is 28.7 Å². The number of likely N-dealkylation sites (N-methyl/N-ethyl adjacent to an activating group) is 1. The Balaban J connectivity index is 2.15. The molecule has 0 aliphatic carbocycles. The van der Waals surface area contributed by atoms with Crippen molar-refractivity contribution in [2.45, 2.75) is 12.5 Å². The maximum absolute atomic E-state index is 3.67. The summed E-state index contributed by atoms with van der Waals surface area (Å²) < 4.78 is 1.20. The predicted molar refractivity (Wildman–Crippen MR) is 81.3 cm³/mol. The van der Waals surface area contributed by atoms with E-state index >= 15 is 0 Å². The molecule has 1 unspecified atom stereocenters. The van der Waals surface area contributed by atoms with Crippen LogP contribution in [-0.4, -0.2) is 51.2 Å². The largest absolute Gasteiger partial charge is 0.365 e. The zero-order valence-electron chi connectivity index (χ0n) is 11.2. The summed E-state index contributed by atoms with van der Waals surface area (Å²) in [5, 5.41) is 3.26. The molecular formula is C14H22BrN3. The highest BCUT2D eigenvalue weighted by atomic mass is 79.9. The number of hydrogen-bond donors (Lipinski definition) is 1. The van der Waals surface area contributed by atoms with Gasteiger partial charge in [-0.15, -0.1) is 0 Å². The third-order valence-electron chi connectivity index (χ3n) is 3.58. The Kier molecular flexibility index (Phi) is 5.03. The van der Waals surface area contributed by atoms with Gasteiger partial charge in [0.15, 0.2) is 0 Å². The Bertz CT molecular complexity index is 383. The summed E-state index contributed by atoms with van der Waals surface area (Å²) in [6.07, 6.45) is 1.18. The Morgan fingerprint density at radius 3 is 2.83 bits per heavy atom. The standard InChI is InChI=1S/C14H22BrN3/c1-16-8-7-12-11-17(2)9-10-18(12)14-6-4-3-5-13(14)15/h3-6,12,16H,7-11H2,1-2H3. The van der Waals surface area contributed by atoms with Crippen LogP contribution in [-0.2, 0) is 0 Å². The summed E-state index contributed by atoms with van der Waals surface area (Å²) in [5.74, 6) is 0. The molecule has 1 heterocycles. The molecular weight excluding hydrogens is 290 g/mol. The third kappa shape index (κ3) is 3.25. The number of halogens is 1. The molecule has 1 N–H and O–H groups in total. The lowest BCUT2D eigenvalue weighted by molar-refractivity contribution is 0.260. The topological polar surface area (TPSA) is 18.5 Å². The van der Waals surface area contributed by atoms with E-state index in [-0.39, 0.29) is 0 Å². The van der Waals surface area contributed by atoms with Crippen LogP contribution in [0.4, 0.5) is 5.69 Å². The van der Waals surface area contributed by atoms with E-state index in [0.717, 1.165) is 26.2 Å². The van der Waals surface area contributed by atoms with Crippen molar-refractivity contribution in [1.82, 2.24) is 10.2 Å². The molecule has 0 aromatic heterocycles. The fourth-order valence-corrected chi connectivity index (χ4v) is 3.08. The number of rotatable bonds is 4. The first-order chi connectivity index (χ1) is 8.72. The minimum atomic E-state index is 0.592. The smallest absolute Gasteiger partial charge is 0.0514 e. The first-order valence-electron chi connectivity index (χ1n) is 6.56. The highest BCUT2D eigenvalue weighted by molar-refractivity contribution is 9.10. The molecule has 1 atom stereocenters. The highest BCUT2D eigenvalue weighted by Gasteiger charge is 2.25. The van der Waals surface area contributed by atoms with Gasteiger partial charge in [0.25, 0.3) is 0 Å². The van der Waals surface area contributed by atoms with Crippen molar-refractivity contribution in [3.8, 4) is 0 Å². The average Bonchev–Trinajstić information content (AvgIpc) is 2.37. The molecule has 3 nitrogen and oxygen atoms in total. The van der Waals surface area contributed by atoms with Gasteiger partial charge in [0.1, 0.15) is 0 Å². The summed E-state index contributed by atoms with van der Waals surface area (Å²) in [6, 6.07) is 9.12. The van der Waals surface area contributed by atoms with E-state index in [4.69, 9.17) is 0 Å². The quantitative estimate of drug-likeness (QED) is 0.919. The second-order valence-electron chi connectivity index (χ2n) is 4.95. The SMILES string of the molecule is CNCCC1CN(C)CCN1c1ccccc1Br. The first kappa shape index (κ1) is 13.8. The van der Waals surface area contributed by atoms with Crippen LogP contribution in [0.2, 0.25) is 0 Å². The molecule has 0 amide bonds. The average molecular weight is 312 g/mol. The number of anilines is 1. The zero-order valence-corrected chi connectivity index (χ0v) is 12.8. The van der Waals surface area contributed by atoms with E-state index in [9.17, 15) is 0 Å². The molecule has 0 bridgehead atoms. The van der Waals surface area contributed by atoms with Gasteiger partial charge in [0.05, 0.1) is 5.69 Å². The molecule has 0 radical (unpaired) electrons. The molecule has 1 aliphatic rings. The molecule has 1 aromatic carbocycles. The Morgan fingerprint density at radius 2 is 2.11 bits per heavy atom. The summed E-state index contributed by atoms with van der Waals surface area (Å²) >= 11 is 3.67. The number of benzene rings is 1. The lowest BCUT2D eigenvalue weighted by Gasteiger charge is -2.42. The Labute approximate surface area is 118 Å². The molecule has 0 spiro atoms. The molecule has 18 heavy (non-hydrogen) atoms. The fourth-order valence-electron chi connectivity index (χ4n) is 2.57. The molecule has 100 valence electrons. The van der Waals surface area contributed by atoms with Crippen molar-refractivity contribution < 1.29 is 0 Å². The van der Waals surface area contributed by atoms with Gasteiger partial charge >= 0.3 is 0 Å². The molecule has 1 aliphatic heterocycles. The predicted octanol–water partition coefficient (Wildman–Crippen LogP) is 2.18. The number of hydrogen-bond acceptors (Lipinski definition) is 3. The van der Waals surface area contributed by atoms with Crippen LogP contribution in [0.1, 0.15) is 6.42 Å². The fraction of sp³-hybridized carbons (Fsp3) is 0.571. The summed E-state index contributed by atoms with van der Waals surface area (Å²) in [6.45, 7) is 4.45. The number of para-hydroxylation sites is 1. The van der Waals surface area contributed by atoms with E-state index in [0.29, 0.717) is 6.04 Å². The van der Waals surface area contributed by atoms with Gasteiger partial charge in [-0.3, -0.25) is 0 Å². The second kappa shape index (κ2) is 6.55. The van der Waals surface area contributed by atoms with Gasteiger partial charge in [0, 0.05) is 30.1 Å². The van der Waals surface area contributed by atoms with Gasteiger partial charge in [-0.05, 0) is 55.1 Å². The monoisotopic (exact) mass is 311 g/mol. The van der Waals surface area contributed by atoms with Crippen LogP contribution in [0.5, 0.6) is 0 Å². The van der Waals surface area contributed by atoms with Gasteiger partial charge in [-0.25, -0.2) is 0 Å². The van der Waals surface area contributed by atoms with E-state index in [1.54, 1.807) is 0 Å². The maximum atomic E-state index is 3.67. The summed E-state index contributed by atoms with van der Waals surface area (Å²) in [5.41, 5.74) is 1.33. The molecule has 4 heteroatoms. The van der Waals surface area contributed by atoms with Gasteiger partial charge in [-0.2, -0.15) is 0 Å². The third-order valence-corrected chi connectivity index (χ3v) is 4.25. The van der Waals surface area contributed by atoms with Crippen LogP contribution in [0.3, 0.4) is 0 Å². The van der Waals surface area contributed by atoms with Crippen LogP contribution >= 0.6 is 15.9 Å². The van der Waals surface area contributed by atoms with Crippen molar-refractivity contribution in [3.63, 3.8) is 0 Å². The Morgan fingerprint density at radius 1 is 1.33 bits per heavy atom. The molecule has 1 fully saturated rings. The van der Waals surface area contributed by atoms with E-state index < -0.39 is 0 Å². The highest BCUT2D eigenvalue weighted by Crippen LogP contribution is 2.29. The minimum absolute atomic E-state index is 0.592. The van der Waals surface area contributed by atoms with Crippen LogP contribution in [0, 0.1) is 0 Å². The van der Waals surface area contributed by atoms with Crippen LogP contribution < -0.4 is 10.2 Å². The molecule has 0 saturated carbocycles. The number of nitrogens with zero attached hydrogens (tertiary/aromatic N) is 2. The van der Waals surface area contributed by atoms with Crippen molar-refractivity contribution in [3.05, 3.63) is 28.7 Å². The van der Waals surface area contributed by atoms with E-state index in [1.165, 1.54) is 16.6 Å². The lowest BCUT2D eigenvalue weighted by Crippen LogP contribution is -2.52. The minimum Gasteiger partial charge on any atom is -0.365 e.